The van der Waals surface area contributed by atoms with E-state index in [2.05, 4.69) is 10.6 Å². The van der Waals surface area contributed by atoms with Gasteiger partial charge in [0.05, 0.1) is 17.1 Å². The fourth-order valence-corrected chi connectivity index (χ4v) is 3.12. The third kappa shape index (κ3) is 3.36. The number of aromatic nitrogens is 2. The number of ether oxygens (including phenoxy) is 1. The monoisotopic (exact) mass is 318 g/mol. The Morgan fingerprint density at radius 3 is 2.91 bits per heavy atom. The van der Waals surface area contributed by atoms with Crippen LogP contribution in [0.4, 0.5) is 0 Å². The van der Waals surface area contributed by atoms with E-state index in [4.69, 9.17) is 20.7 Å². The van der Waals surface area contributed by atoms with E-state index in [0.717, 1.165) is 42.9 Å². The molecule has 1 saturated heterocycles. The molecule has 2 heterocycles. The van der Waals surface area contributed by atoms with Gasteiger partial charge in [-0.1, -0.05) is 12.1 Å². The maximum atomic E-state index is 11.4. The summed E-state index contributed by atoms with van der Waals surface area (Å²) in [5, 5.41) is 8.66. The molecule has 23 heavy (non-hydrogen) atoms. The largest absolute Gasteiger partial charge is 0.381 e. The minimum absolute atomic E-state index is 0.356. The second-order valence-corrected chi connectivity index (χ2v) is 5.85. The van der Waals surface area contributed by atoms with Crippen molar-refractivity contribution in [3.8, 4) is 0 Å². The van der Waals surface area contributed by atoms with Crippen molar-refractivity contribution in [2.75, 3.05) is 13.2 Å². The minimum atomic E-state index is -0.747. The lowest BCUT2D eigenvalue weighted by molar-refractivity contribution is -0.130. The Balaban J connectivity index is 1.87. The van der Waals surface area contributed by atoms with E-state index in [-0.39, 0.29) is 0 Å². The lowest BCUT2D eigenvalue weighted by atomic mass is 10.1. The number of benzene rings is 1. The molecule has 1 unspecified atom stereocenters. The molecule has 3 rings (SSSR count). The number of hydroxylamine groups is 1. The molecule has 0 bridgehead atoms. The normalized spacial score (nSPS) is 17.3. The van der Waals surface area contributed by atoms with Crippen LogP contribution in [-0.4, -0.2) is 39.9 Å². The molecule has 0 saturated carbocycles. The van der Waals surface area contributed by atoms with Crippen LogP contribution in [0, 0.1) is 0 Å². The second kappa shape index (κ2) is 7.08. The Hall–Kier alpha value is -1.96. The number of rotatable bonds is 5. The molecule has 2 aromatic rings. The highest BCUT2D eigenvalue weighted by Crippen LogP contribution is 2.28. The fraction of sp³-hybridized carbons (Fsp3) is 0.500. The number of nitrogens with two attached hydrogens (primary N) is 1. The van der Waals surface area contributed by atoms with Gasteiger partial charge < -0.3 is 15.0 Å². The fourth-order valence-electron chi connectivity index (χ4n) is 3.12. The number of para-hydroxylation sites is 2. The molecule has 1 aliphatic rings. The van der Waals surface area contributed by atoms with Crippen molar-refractivity contribution >= 4 is 16.9 Å². The summed E-state index contributed by atoms with van der Waals surface area (Å²) in [6.45, 7) is 1.51. The van der Waals surface area contributed by atoms with Crippen molar-refractivity contribution < 1.29 is 14.7 Å². The molecule has 7 heteroatoms. The van der Waals surface area contributed by atoms with Crippen LogP contribution in [0.3, 0.4) is 0 Å². The van der Waals surface area contributed by atoms with E-state index in [9.17, 15) is 4.79 Å². The van der Waals surface area contributed by atoms with Gasteiger partial charge in [-0.05, 0) is 31.4 Å². The number of carbonyl (C=O) groups is 1. The van der Waals surface area contributed by atoms with E-state index in [0.29, 0.717) is 18.9 Å². The van der Waals surface area contributed by atoms with Crippen LogP contribution >= 0.6 is 0 Å². The first-order valence-electron chi connectivity index (χ1n) is 7.94. The molecular weight excluding hydrogens is 296 g/mol. The SMILES string of the molecule is NC(CCc1nc2ccccc2n1C1CCOCC1)C(=O)NO. The van der Waals surface area contributed by atoms with Gasteiger partial charge in [-0.2, -0.15) is 0 Å². The van der Waals surface area contributed by atoms with Gasteiger partial charge in [-0.15, -0.1) is 0 Å². The first-order valence-corrected chi connectivity index (χ1v) is 7.94. The number of nitrogens with zero attached hydrogens (tertiary/aromatic N) is 2. The maximum absolute atomic E-state index is 11.4. The second-order valence-electron chi connectivity index (χ2n) is 5.85. The van der Waals surface area contributed by atoms with Gasteiger partial charge in [0.15, 0.2) is 0 Å². The van der Waals surface area contributed by atoms with Crippen LogP contribution in [0.5, 0.6) is 0 Å². The average Bonchev–Trinajstić information content (AvgIpc) is 2.98. The Bertz CT molecular complexity index is 679. The first kappa shape index (κ1) is 15.9. The summed E-state index contributed by atoms with van der Waals surface area (Å²) in [7, 11) is 0. The van der Waals surface area contributed by atoms with Gasteiger partial charge in [-0.25, -0.2) is 10.5 Å². The molecule has 0 radical (unpaired) electrons. The van der Waals surface area contributed by atoms with Crippen LogP contribution in [0.1, 0.15) is 31.1 Å². The minimum Gasteiger partial charge on any atom is -0.381 e. The summed E-state index contributed by atoms with van der Waals surface area (Å²) < 4.78 is 7.72. The van der Waals surface area contributed by atoms with E-state index in [1.807, 2.05) is 18.2 Å². The lowest BCUT2D eigenvalue weighted by Crippen LogP contribution is -2.39. The molecule has 7 nitrogen and oxygen atoms in total. The van der Waals surface area contributed by atoms with Crippen molar-refractivity contribution in [2.24, 2.45) is 5.73 Å². The van der Waals surface area contributed by atoms with Crippen molar-refractivity contribution in [3.05, 3.63) is 30.1 Å². The zero-order valence-corrected chi connectivity index (χ0v) is 12.9. The predicted molar refractivity (Wildman–Crippen MR) is 85.0 cm³/mol. The molecule has 0 aliphatic carbocycles. The molecule has 1 fully saturated rings. The van der Waals surface area contributed by atoms with E-state index < -0.39 is 11.9 Å². The number of aryl methyl sites for hydroxylation is 1. The molecular formula is C16H22N4O3. The lowest BCUT2D eigenvalue weighted by Gasteiger charge is -2.26. The van der Waals surface area contributed by atoms with Gasteiger partial charge in [-0.3, -0.25) is 10.0 Å². The average molecular weight is 318 g/mol. The summed E-state index contributed by atoms with van der Waals surface area (Å²) in [6.07, 6.45) is 2.92. The highest BCUT2D eigenvalue weighted by Gasteiger charge is 2.22. The van der Waals surface area contributed by atoms with Gasteiger partial charge >= 0.3 is 0 Å². The summed E-state index contributed by atoms with van der Waals surface area (Å²) in [4.78, 5) is 16.1. The van der Waals surface area contributed by atoms with Crippen molar-refractivity contribution in [1.82, 2.24) is 15.0 Å². The van der Waals surface area contributed by atoms with E-state index >= 15 is 0 Å². The predicted octanol–water partition coefficient (Wildman–Crippen LogP) is 1.15. The highest BCUT2D eigenvalue weighted by molar-refractivity contribution is 5.80. The van der Waals surface area contributed by atoms with Crippen molar-refractivity contribution in [1.29, 1.82) is 0 Å². The molecule has 0 spiro atoms. The summed E-state index contributed by atoms with van der Waals surface area (Å²) in [5.41, 5.74) is 9.43. The van der Waals surface area contributed by atoms with Crippen molar-refractivity contribution in [3.63, 3.8) is 0 Å². The molecule has 1 aliphatic heterocycles. The number of imidazole rings is 1. The molecule has 4 N–H and O–H groups in total. The summed E-state index contributed by atoms with van der Waals surface area (Å²) in [6, 6.07) is 7.65. The van der Waals surface area contributed by atoms with Crippen LogP contribution in [0.15, 0.2) is 24.3 Å². The van der Waals surface area contributed by atoms with E-state index in [1.165, 1.54) is 0 Å². The number of amides is 1. The third-order valence-electron chi connectivity index (χ3n) is 4.35. The number of carbonyl (C=O) groups excluding carboxylic acids is 1. The van der Waals surface area contributed by atoms with Crippen LogP contribution < -0.4 is 11.2 Å². The van der Waals surface area contributed by atoms with E-state index in [1.54, 1.807) is 5.48 Å². The maximum Gasteiger partial charge on any atom is 0.260 e. The first-order chi connectivity index (χ1) is 11.2. The molecule has 1 atom stereocenters. The Labute approximate surface area is 134 Å². The van der Waals surface area contributed by atoms with Gasteiger partial charge in [0.2, 0.25) is 0 Å². The zero-order chi connectivity index (χ0) is 16.2. The van der Waals surface area contributed by atoms with Gasteiger partial charge in [0.25, 0.3) is 5.91 Å². The number of hydrogen-bond donors (Lipinski definition) is 3. The van der Waals surface area contributed by atoms with Gasteiger partial charge in [0, 0.05) is 25.7 Å². The van der Waals surface area contributed by atoms with Crippen LogP contribution in [0.2, 0.25) is 0 Å². The molecule has 1 aromatic carbocycles. The Morgan fingerprint density at radius 1 is 1.43 bits per heavy atom. The summed E-state index contributed by atoms with van der Waals surface area (Å²) >= 11 is 0. The number of nitrogens with one attached hydrogen (secondary N) is 1. The standard InChI is InChI=1S/C16H22N4O3/c17-12(16(21)19-22)5-6-15-18-13-3-1-2-4-14(13)20(15)11-7-9-23-10-8-11/h1-4,11-12,22H,5-10,17H2,(H,19,21). The number of hydrogen-bond acceptors (Lipinski definition) is 5. The highest BCUT2D eigenvalue weighted by atomic mass is 16.5. The smallest absolute Gasteiger partial charge is 0.260 e. The molecule has 124 valence electrons. The molecule has 1 amide bonds. The quantitative estimate of drug-likeness (QED) is 0.567. The Kier molecular flexibility index (Phi) is 4.90. The topological polar surface area (TPSA) is 102 Å². The Morgan fingerprint density at radius 2 is 2.17 bits per heavy atom. The van der Waals surface area contributed by atoms with Gasteiger partial charge in [0.1, 0.15) is 5.82 Å². The summed E-state index contributed by atoms with van der Waals surface area (Å²) in [5.74, 6) is 0.359. The number of fused-ring (bicyclic) bond motifs is 1. The third-order valence-corrected chi connectivity index (χ3v) is 4.35. The van der Waals surface area contributed by atoms with Crippen molar-refractivity contribution in [2.45, 2.75) is 37.8 Å². The van der Waals surface area contributed by atoms with Crippen LogP contribution in [0.25, 0.3) is 11.0 Å². The molecule has 1 aromatic heterocycles. The van der Waals surface area contributed by atoms with Crippen LogP contribution in [-0.2, 0) is 16.0 Å². The zero-order valence-electron chi connectivity index (χ0n) is 12.9.